The number of carbonyl (C=O) groups is 2. The molecule has 188 valence electrons. The van der Waals surface area contributed by atoms with Gasteiger partial charge in [0.15, 0.2) is 11.5 Å². The maximum absolute atomic E-state index is 13.7. The van der Waals surface area contributed by atoms with Gasteiger partial charge < -0.3 is 24.9 Å². The quantitative estimate of drug-likeness (QED) is 0.245. The van der Waals surface area contributed by atoms with E-state index >= 15 is 0 Å². The number of fused-ring (bicyclic) bond motifs is 1. The number of nitrogen functional groups attached to an aromatic ring is 1. The SMILES string of the molecule is C[C@H](Cn1cnc2c(N)ncnc21)OC[P@](=O)(N[C@H](C)C(=O)OC1CCC1)NC(C)(C)C(=O)O. The van der Waals surface area contributed by atoms with E-state index in [2.05, 4.69) is 25.1 Å². The molecule has 2 heterocycles. The number of ether oxygens (including phenoxy) is 2. The molecule has 14 heteroatoms. The molecule has 1 fully saturated rings. The van der Waals surface area contributed by atoms with Crippen LogP contribution in [0.5, 0.6) is 0 Å². The third kappa shape index (κ3) is 6.29. The van der Waals surface area contributed by atoms with Crippen LogP contribution in [0, 0.1) is 0 Å². The third-order valence-electron chi connectivity index (χ3n) is 5.51. The molecule has 13 nitrogen and oxygen atoms in total. The van der Waals surface area contributed by atoms with E-state index in [4.69, 9.17) is 15.2 Å². The van der Waals surface area contributed by atoms with Gasteiger partial charge in [-0.1, -0.05) is 0 Å². The van der Waals surface area contributed by atoms with Gasteiger partial charge in [-0.15, -0.1) is 0 Å². The summed E-state index contributed by atoms with van der Waals surface area (Å²) in [6, 6.07) is -0.931. The molecule has 2 aromatic heterocycles. The zero-order chi connectivity index (χ0) is 25.1. The van der Waals surface area contributed by atoms with Crippen molar-refractivity contribution >= 4 is 36.4 Å². The number of nitrogens with zero attached hydrogens (tertiary/aromatic N) is 4. The Bertz CT molecular complexity index is 1090. The molecule has 0 amide bonds. The summed E-state index contributed by atoms with van der Waals surface area (Å²) in [5, 5.41) is 14.9. The van der Waals surface area contributed by atoms with Crippen LogP contribution < -0.4 is 15.9 Å². The van der Waals surface area contributed by atoms with Crippen LogP contribution in [0.1, 0.15) is 47.0 Å². The molecule has 0 aromatic carbocycles. The Labute approximate surface area is 197 Å². The first-order valence-corrected chi connectivity index (χ1v) is 12.9. The minimum atomic E-state index is -3.71. The lowest BCUT2D eigenvalue weighted by Gasteiger charge is -2.32. The van der Waals surface area contributed by atoms with E-state index in [-0.39, 0.29) is 18.3 Å². The molecule has 3 rings (SSSR count). The van der Waals surface area contributed by atoms with Gasteiger partial charge in [-0.2, -0.15) is 0 Å². The zero-order valence-electron chi connectivity index (χ0n) is 19.7. The van der Waals surface area contributed by atoms with Gasteiger partial charge in [-0.25, -0.2) is 25.1 Å². The Morgan fingerprint density at radius 1 is 1.32 bits per heavy atom. The molecule has 3 atom stereocenters. The number of anilines is 1. The van der Waals surface area contributed by atoms with Crippen molar-refractivity contribution in [3.05, 3.63) is 12.7 Å². The van der Waals surface area contributed by atoms with Crippen LogP contribution in [0.3, 0.4) is 0 Å². The fourth-order valence-electron chi connectivity index (χ4n) is 3.32. The first-order chi connectivity index (χ1) is 15.9. The zero-order valence-corrected chi connectivity index (χ0v) is 20.6. The van der Waals surface area contributed by atoms with Crippen molar-refractivity contribution in [1.82, 2.24) is 29.7 Å². The molecule has 5 N–H and O–H groups in total. The molecule has 0 bridgehead atoms. The molecule has 0 saturated heterocycles. The molecule has 0 aliphatic heterocycles. The van der Waals surface area contributed by atoms with Crippen LogP contribution in [0.15, 0.2) is 12.7 Å². The summed E-state index contributed by atoms with van der Waals surface area (Å²) in [6.45, 7) is 6.36. The van der Waals surface area contributed by atoms with E-state index in [1.165, 1.54) is 27.1 Å². The summed E-state index contributed by atoms with van der Waals surface area (Å²) in [6.07, 6.45) is 4.55. The summed E-state index contributed by atoms with van der Waals surface area (Å²) >= 11 is 0. The number of carboxylic acids is 1. The predicted octanol–water partition coefficient (Wildman–Crippen LogP) is 1.49. The van der Waals surface area contributed by atoms with Gasteiger partial charge in [-0.3, -0.25) is 14.2 Å². The summed E-state index contributed by atoms with van der Waals surface area (Å²) in [7, 11) is -3.71. The third-order valence-corrected chi connectivity index (χ3v) is 7.75. The lowest BCUT2D eigenvalue weighted by molar-refractivity contribution is -0.154. The van der Waals surface area contributed by atoms with Gasteiger partial charge in [0.25, 0.3) is 0 Å². The monoisotopic (exact) mass is 497 g/mol. The van der Waals surface area contributed by atoms with Crippen molar-refractivity contribution in [2.75, 3.05) is 12.1 Å². The van der Waals surface area contributed by atoms with Crippen LogP contribution in [-0.2, 0) is 30.2 Å². The lowest BCUT2D eigenvalue weighted by atomic mass is 9.96. The normalized spacial score (nSPS) is 18.1. The topological polar surface area (TPSA) is 184 Å². The second-order valence-electron chi connectivity index (χ2n) is 9.06. The van der Waals surface area contributed by atoms with E-state index < -0.39 is 37.1 Å². The molecular weight excluding hydrogens is 465 g/mol. The number of esters is 1. The number of carbonyl (C=O) groups excluding carboxylic acids is 1. The Morgan fingerprint density at radius 3 is 2.65 bits per heavy atom. The molecule has 2 aromatic rings. The van der Waals surface area contributed by atoms with Gasteiger partial charge in [0.1, 0.15) is 35.9 Å². The predicted molar refractivity (Wildman–Crippen MR) is 124 cm³/mol. The Balaban J connectivity index is 1.68. The Morgan fingerprint density at radius 2 is 2.03 bits per heavy atom. The molecule has 34 heavy (non-hydrogen) atoms. The first kappa shape index (κ1) is 26.0. The molecule has 0 unspecified atom stereocenters. The smallest absolute Gasteiger partial charge is 0.323 e. The van der Waals surface area contributed by atoms with Gasteiger partial charge in [-0.05, 0) is 47.0 Å². The van der Waals surface area contributed by atoms with Crippen LogP contribution in [-0.4, -0.2) is 66.7 Å². The maximum Gasteiger partial charge on any atom is 0.323 e. The average molecular weight is 497 g/mol. The highest BCUT2D eigenvalue weighted by Gasteiger charge is 2.38. The number of carboxylic acid groups (broad SMARTS) is 1. The minimum Gasteiger partial charge on any atom is -0.480 e. The number of nitrogens with one attached hydrogen (secondary N) is 2. The van der Waals surface area contributed by atoms with Gasteiger partial charge in [0.05, 0.1) is 19.0 Å². The van der Waals surface area contributed by atoms with Crippen molar-refractivity contribution in [3.8, 4) is 0 Å². The molecule has 1 aliphatic carbocycles. The van der Waals surface area contributed by atoms with Crippen molar-refractivity contribution in [2.24, 2.45) is 0 Å². The van der Waals surface area contributed by atoms with E-state index in [9.17, 15) is 19.3 Å². The van der Waals surface area contributed by atoms with E-state index in [1.54, 1.807) is 17.8 Å². The van der Waals surface area contributed by atoms with Crippen LogP contribution in [0.25, 0.3) is 11.2 Å². The molecule has 1 saturated carbocycles. The van der Waals surface area contributed by atoms with Crippen molar-refractivity contribution in [2.45, 2.75) is 77.3 Å². The highest BCUT2D eigenvalue weighted by molar-refractivity contribution is 7.59. The fourth-order valence-corrected chi connectivity index (χ4v) is 5.71. The highest BCUT2D eigenvalue weighted by Crippen LogP contribution is 2.40. The number of aliphatic carboxylic acids is 1. The van der Waals surface area contributed by atoms with E-state index in [0.717, 1.165) is 19.3 Å². The van der Waals surface area contributed by atoms with Crippen LogP contribution >= 0.6 is 7.44 Å². The fraction of sp³-hybridized carbons (Fsp3) is 0.650. The largest absolute Gasteiger partial charge is 0.480 e. The van der Waals surface area contributed by atoms with Crippen molar-refractivity contribution in [3.63, 3.8) is 0 Å². The van der Waals surface area contributed by atoms with Gasteiger partial charge >= 0.3 is 11.9 Å². The highest BCUT2D eigenvalue weighted by atomic mass is 31.2. The molecule has 0 spiro atoms. The summed E-state index contributed by atoms with van der Waals surface area (Å²) in [4.78, 5) is 36.3. The number of hydrogen-bond donors (Lipinski definition) is 4. The lowest BCUT2D eigenvalue weighted by Crippen LogP contribution is -2.50. The molecule has 0 radical (unpaired) electrons. The maximum atomic E-state index is 13.7. The number of rotatable bonds is 12. The van der Waals surface area contributed by atoms with Crippen molar-refractivity contribution < 1.29 is 28.7 Å². The number of hydrogen-bond acceptors (Lipinski definition) is 9. The standard InChI is InChI=1S/C20H32N7O6P/c1-12(8-27-10-24-15-16(21)22-9-23-17(15)27)32-11-34(31,26-20(3,4)19(29)30)25-13(2)18(28)33-14-6-5-7-14/h9-10,12-14H,5-8,11H2,1-4H3,(H,29,30)(H2,21,22,23)(H2,25,26,31)/t12-,13-,34+/m1/s1. The van der Waals surface area contributed by atoms with Crippen molar-refractivity contribution in [1.29, 1.82) is 0 Å². The number of nitrogens with two attached hydrogens (primary N) is 1. The van der Waals surface area contributed by atoms with E-state index in [1.807, 2.05) is 0 Å². The Hall–Kier alpha value is -2.60. The molecule has 1 aliphatic rings. The summed E-state index contributed by atoms with van der Waals surface area (Å²) < 4.78 is 26.6. The summed E-state index contributed by atoms with van der Waals surface area (Å²) in [5.41, 5.74) is 5.27. The van der Waals surface area contributed by atoms with Gasteiger partial charge in [0.2, 0.25) is 7.44 Å². The average Bonchev–Trinajstić information content (AvgIpc) is 3.12. The van der Waals surface area contributed by atoms with Crippen LogP contribution in [0.4, 0.5) is 5.82 Å². The first-order valence-electron chi connectivity index (χ1n) is 11.0. The number of aromatic nitrogens is 4. The second-order valence-corrected chi connectivity index (χ2v) is 11.3. The minimum absolute atomic E-state index is 0.126. The number of imidazole rings is 1. The van der Waals surface area contributed by atoms with Crippen LogP contribution in [0.2, 0.25) is 0 Å². The summed E-state index contributed by atoms with van der Waals surface area (Å²) in [5.74, 6) is -1.49. The Kier molecular flexibility index (Phi) is 7.91. The molecular formula is C20H32N7O6P. The van der Waals surface area contributed by atoms with E-state index in [0.29, 0.717) is 17.7 Å². The second kappa shape index (κ2) is 10.3. The van der Waals surface area contributed by atoms with Gasteiger partial charge in [0, 0.05) is 0 Å².